The van der Waals surface area contributed by atoms with Crippen LogP contribution in [0.1, 0.15) is 11.3 Å². The van der Waals surface area contributed by atoms with Gasteiger partial charge >= 0.3 is 0 Å². The summed E-state index contributed by atoms with van der Waals surface area (Å²) in [5.74, 6) is 2.00. The Morgan fingerprint density at radius 3 is 2.33 bits per heavy atom. The summed E-state index contributed by atoms with van der Waals surface area (Å²) in [4.78, 5) is 22.6. The van der Waals surface area contributed by atoms with Crippen LogP contribution in [0.25, 0.3) is 11.0 Å². The molecular formula is C18H20N6. The second kappa shape index (κ2) is 6.03. The summed E-state index contributed by atoms with van der Waals surface area (Å²) < 4.78 is 0. The lowest BCUT2D eigenvalue weighted by atomic mass is 10.2. The largest absolute Gasteiger partial charge is 0.353 e. The van der Waals surface area contributed by atoms with Crippen LogP contribution in [0.2, 0.25) is 0 Å². The van der Waals surface area contributed by atoms with Gasteiger partial charge in [-0.25, -0.2) is 15.0 Å². The van der Waals surface area contributed by atoms with E-state index in [1.54, 1.807) is 6.33 Å². The summed E-state index contributed by atoms with van der Waals surface area (Å²) in [5.41, 5.74) is 4.09. The molecule has 1 fully saturated rings. The molecule has 1 aromatic carbocycles. The number of aryl methyl sites for hydroxylation is 1. The van der Waals surface area contributed by atoms with Gasteiger partial charge < -0.3 is 9.80 Å². The van der Waals surface area contributed by atoms with E-state index >= 15 is 0 Å². The van der Waals surface area contributed by atoms with Gasteiger partial charge in [-0.15, -0.1) is 0 Å². The van der Waals surface area contributed by atoms with Gasteiger partial charge in [0.05, 0.1) is 17.2 Å². The normalized spacial score (nSPS) is 15.1. The third-order valence-corrected chi connectivity index (χ3v) is 4.65. The van der Waals surface area contributed by atoms with E-state index in [2.05, 4.69) is 31.7 Å². The van der Waals surface area contributed by atoms with Crippen LogP contribution in [-0.2, 0) is 0 Å². The molecule has 3 heterocycles. The molecule has 1 aliphatic rings. The van der Waals surface area contributed by atoms with Crippen LogP contribution in [0.5, 0.6) is 0 Å². The first kappa shape index (κ1) is 14.8. The molecule has 122 valence electrons. The number of hydrogen-bond acceptors (Lipinski definition) is 6. The van der Waals surface area contributed by atoms with Gasteiger partial charge in [0.2, 0.25) is 0 Å². The Hall–Kier alpha value is -2.76. The molecule has 6 nitrogen and oxygen atoms in total. The number of para-hydroxylation sites is 2. The lowest BCUT2D eigenvalue weighted by Crippen LogP contribution is -2.47. The van der Waals surface area contributed by atoms with Gasteiger partial charge in [-0.3, -0.25) is 4.98 Å². The van der Waals surface area contributed by atoms with E-state index in [1.807, 2.05) is 37.4 Å². The Labute approximate surface area is 141 Å². The van der Waals surface area contributed by atoms with Crippen LogP contribution in [0.4, 0.5) is 11.6 Å². The standard InChI is InChI=1S/C18H20N6/c1-13-14(2)20-12-21-18(13)24-9-7-23(8-10-24)17-11-19-15-5-3-4-6-16(15)22-17/h3-6,11-12H,7-10H2,1-2H3. The van der Waals surface area contributed by atoms with E-state index < -0.39 is 0 Å². The molecule has 0 spiro atoms. The fraction of sp³-hybridized carbons (Fsp3) is 0.333. The highest BCUT2D eigenvalue weighted by Crippen LogP contribution is 2.22. The molecule has 3 aromatic rings. The van der Waals surface area contributed by atoms with Crippen molar-refractivity contribution in [1.29, 1.82) is 0 Å². The summed E-state index contributed by atoms with van der Waals surface area (Å²) in [6.45, 7) is 7.79. The molecule has 4 rings (SSSR count). The molecule has 1 saturated heterocycles. The molecular weight excluding hydrogens is 300 g/mol. The van der Waals surface area contributed by atoms with Crippen molar-refractivity contribution in [3.8, 4) is 0 Å². The summed E-state index contributed by atoms with van der Waals surface area (Å²) in [6, 6.07) is 7.99. The molecule has 0 saturated carbocycles. The first-order chi connectivity index (χ1) is 11.7. The summed E-state index contributed by atoms with van der Waals surface area (Å²) in [6.07, 6.45) is 3.52. The fourth-order valence-electron chi connectivity index (χ4n) is 3.09. The van der Waals surface area contributed by atoms with Crippen molar-refractivity contribution in [2.24, 2.45) is 0 Å². The molecule has 6 heteroatoms. The highest BCUT2D eigenvalue weighted by molar-refractivity contribution is 5.75. The minimum atomic E-state index is 0.912. The smallest absolute Gasteiger partial charge is 0.147 e. The van der Waals surface area contributed by atoms with Gasteiger partial charge in [-0.2, -0.15) is 0 Å². The van der Waals surface area contributed by atoms with Crippen molar-refractivity contribution < 1.29 is 0 Å². The van der Waals surface area contributed by atoms with Crippen LogP contribution < -0.4 is 9.80 Å². The number of benzene rings is 1. The molecule has 0 unspecified atom stereocenters. The average Bonchev–Trinajstić information content (AvgIpc) is 2.64. The van der Waals surface area contributed by atoms with Gasteiger partial charge in [0.1, 0.15) is 18.0 Å². The number of piperazine rings is 1. The van der Waals surface area contributed by atoms with Gasteiger partial charge in [0, 0.05) is 37.4 Å². The van der Waals surface area contributed by atoms with Crippen molar-refractivity contribution >= 4 is 22.7 Å². The maximum Gasteiger partial charge on any atom is 0.147 e. The Morgan fingerprint density at radius 1 is 0.833 bits per heavy atom. The quantitative estimate of drug-likeness (QED) is 0.722. The zero-order valence-electron chi connectivity index (χ0n) is 14.0. The molecule has 2 aromatic heterocycles. The van der Waals surface area contributed by atoms with Gasteiger partial charge in [0.25, 0.3) is 0 Å². The van der Waals surface area contributed by atoms with Gasteiger partial charge in [0.15, 0.2) is 0 Å². The molecule has 0 radical (unpaired) electrons. The monoisotopic (exact) mass is 320 g/mol. The van der Waals surface area contributed by atoms with Crippen molar-refractivity contribution in [2.75, 3.05) is 36.0 Å². The predicted octanol–water partition coefficient (Wildman–Crippen LogP) is 2.36. The van der Waals surface area contributed by atoms with Gasteiger partial charge in [-0.1, -0.05) is 12.1 Å². The lowest BCUT2D eigenvalue weighted by molar-refractivity contribution is 0.639. The van der Waals surface area contributed by atoms with Crippen molar-refractivity contribution in [3.05, 3.63) is 48.0 Å². The van der Waals surface area contributed by atoms with Crippen LogP contribution in [-0.4, -0.2) is 46.1 Å². The van der Waals surface area contributed by atoms with E-state index in [1.165, 1.54) is 0 Å². The number of hydrogen-bond donors (Lipinski definition) is 0. The second-order valence-corrected chi connectivity index (χ2v) is 6.10. The maximum absolute atomic E-state index is 4.75. The van der Waals surface area contributed by atoms with Crippen molar-refractivity contribution in [2.45, 2.75) is 13.8 Å². The molecule has 0 amide bonds. The minimum absolute atomic E-state index is 0.912. The average molecular weight is 320 g/mol. The van der Waals surface area contributed by atoms with Crippen LogP contribution >= 0.6 is 0 Å². The van der Waals surface area contributed by atoms with Gasteiger partial charge in [-0.05, 0) is 26.0 Å². The minimum Gasteiger partial charge on any atom is -0.353 e. The topological polar surface area (TPSA) is 58.0 Å². The van der Waals surface area contributed by atoms with E-state index in [-0.39, 0.29) is 0 Å². The van der Waals surface area contributed by atoms with E-state index in [9.17, 15) is 0 Å². The number of aromatic nitrogens is 4. The SMILES string of the molecule is Cc1ncnc(N2CCN(c3cnc4ccccc4n3)CC2)c1C. The Morgan fingerprint density at radius 2 is 1.54 bits per heavy atom. The molecule has 0 N–H and O–H groups in total. The lowest BCUT2D eigenvalue weighted by Gasteiger charge is -2.36. The number of anilines is 2. The van der Waals surface area contributed by atoms with E-state index in [0.29, 0.717) is 0 Å². The highest BCUT2D eigenvalue weighted by Gasteiger charge is 2.21. The molecule has 0 aliphatic carbocycles. The summed E-state index contributed by atoms with van der Waals surface area (Å²) >= 11 is 0. The number of fused-ring (bicyclic) bond motifs is 1. The molecule has 1 aliphatic heterocycles. The molecule has 0 bridgehead atoms. The van der Waals surface area contributed by atoms with E-state index in [4.69, 9.17) is 4.98 Å². The van der Waals surface area contributed by atoms with Crippen LogP contribution in [0, 0.1) is 13.8 Å². The fourth-order valence-corrected chi connectivity index (χ4v) is 3.09. The highest BCUT2D eigenvalue weighted by atomic mass is 15.3. The Balaban J connectivity index is 1.52. The predicted molar refractivity (Wildman–Crippen MR) is 95.5 cm³/mol. The van der Waals surface area contributed by atoms with Crippen LogP contribution in [0.3, 0.4) is 0 Å². The molecule has 24 heavy (non-hydrogen) atoms. The third-order valence-electron chi connectivity index (χ3n) is 4.65. The zero-order valence-corrected chi connectivity index (χ0v) is 14.0. The molecule has 0 atom stereocenters. The zero-order chi connectivity index (χ0) is 16.5. The second-order valence-electron chi connectivity index (χ2n) is 6.10. The summed E-state index contributed by atoms with van der Waals surface area (Å²) in [5, 5.41) is 0. The Bertz CT molecular complexity index is 870. The first-order valence-corrected chi connectivity index (χ1v) is 8.22. The van der Waals surface area contributed by atoms with Crippen molar-refractivity contribution in [3.63, 3.8) is 0 Å². The Kier molecular flexibility index (Phi) is 3.72. The van der Waals surface area contributed by atoms with Crippen molar-refractivity contribution in [1.82, 2.24) is 19.9 Å². The summed E-state index contributed by atoms with van der Waals surface area (Å²) in [7, 11) is 0. The maximum atomic E-state index is 4.75. The number of rotatable bonds is 2. The number of nitrogens with zero attached hydrogens (tertiary/aromatic N) is 6. The third kappa shape index (κ3) is 2.64. The van der Waals surface area contributed by atoms with E-state index in [0.717, 1.165) is 60.1 Å². The van der Waals surface area contributed by atoms with Crippen LogP contribution in [0.15, 0.2) is 36.8 Å². The first-order valence-electron chi connectivity index (χ1n) is 8.22.